The van der Waals surface area contributed by atoms with Crippen LogP contribution in [0.15, 0.2) is 79.1 Å². The second-order valence-corrected chi connectivity index (χ2v) is 16.3. The number of pyridine rings is 1. The lowest BCUT2D eigenvalue weighted by Crippen LogP contribution is -2.45. The molecule has 0 saturated carbocycles. The molecule has 61 heavy (non-hydrogen) atoms. The van der Waals surface area contributed by atoms with Gasteiger partial charge in [0.25, 0.3) is 0 Å². The summed E-state index contributed by atoms with van der Waals surface area (Å²) in [6.07, 6.45) is -3.08. The molecule has 1 saturated heterocycles. The predicted octanol–water partition coefficient (Wildman–Crippen LogP) is 8.82. The van der Waals surface area contributed by atoms with Crippen molar-refractivity contribution >= 4 is 50.1 Å². The molecule has 1 fully saturated rings. The minimum Gasteiger partial charge on any atom is -0.491 e. The molecule has 5 heterocycles. The van der Waals surface area contributed by atoms with Crippen LogP contribution in [0.25, 0.3) is 43.4 Å². The zero-order chi connectivity index (χ0) is 42.8. The number of ether oxygens (including phenoxy) is 3. The van der Waals surface area contributed by atoms with Crippen molar-refractivity contribution < 1.29 is 37.3 Å². The third kappa shape index (κ3) is 9.32. The average molecular weight is 874 g/mol. The molecule has 0 spiro atoms. The zero-order valence-electron chi connectivity index (χ0n) is 33.6. The molecule has 3 aromatic carbocycles. The Balaban J connectivity index is 1.14. The topological polar surface area (TPSA) is 131 Å². The van der Waals surface area contributed by atoms with Crippen molar-refractivity contribution in [3.05, 3.63) is 107 Å². The number of halogens is 4. The fourth-order valence-corrected chi connectivity index (χ4v) is 8.54. The van der Waals surface area contributed by atoms with Gasteiger partial charge in [-0.1, -0.05) is 54.1 Å². The first kappa shape index (κ1) is 42.0. The lowest BCUT2D eigenvalue weighted by atomic mass is 9.92. The number of benzene rings is 3. The molecule has 0 bridgehead atoms. The van der Waals surface area contributed by atoms with Crippen molar-refractivity contribution in [1.82, 2.24) is 33.9 Å². The van der Waals surface area contributed by atoms with E-state index in [2.05, 4.69) is 37.4 Å². The highest BCUT2D eigenvalue weighted by Crippen LogP contribution is 2.47. The van der Waals surface area contributed by atoms with Gasteiger partial charge in [0.2, 0.25) is 12.0 Å². The summed E-state index contributed by atoms with van der Waals surface area (Å²) >= 11 is 8.25. The molecular formula is C44H43ClF3N7O5S. The quantitative estimate of drug-likeness (QED) is 0.103. The molecule has 0 aliphatic carbocycles. The minimum atomic E-state index is -4.47. The number of piperazine rings is 1. The maximum Gasteiger partial charge on any atom is 0.408 e. The molecule has 1 atom stereocenters. The number of nitrogens with zero attached hydrogens (tertiary/aromatic N) is 6. The molecule has 4 aromatic heterocycles. The molecule has 17 heteroatoms. The van der Waals surface area contributed by atoms with Gasteiger partial charge in [0, 0.05) is 73.7 Å². The maximum atomic E-state index is 13.2. The number of nitrogens with one attached hydrogen (secondary N) is 1. The molecule has 1 aliphatic rings. The Morgan fingerprint density at radius 3 is 2.59 bits per heavy atom. The predicted molar refractivity (Wildman–Crippen MR) is 229 cm³/mol. The lowest BCUT2D eigenvalue weighted by Gasteiger charge is -2.32. The van der Waals surface area contributed by atoms with Gasteiger partial charge in [-0.15, -0.1) is 0 Å². The number of hydrogen-bond donors (Lipinski definition) is 2. The van der Waals surface area contributed by atoms with Gasteiger partial charge < -0.3 is 29.2 Å². The van der Waals surface area contributed by atoms with E-state index in [-0.39, 0.29) is 30.4 Å². The number of para-hydroxylation sites is 2. The number of likely N-dealkylation sites (N-methyl/N-ethyl adjacent to an activating group) is 1. The molecule has 0 unspecified atom stereocenters. The summed E-state index contributed by atoms with van der Waals surface area (Å²) in [6, 6.07) is 20.0. The highest BCUT2D eigenvalue weighted by atomic mass is 35.5. The van der Waals surface area contributed by atoms with E-state index in [1.54, 1.807) is 30.5 Å². The first-order valence-corrected chi connectivity index (χ1v) is 20.9. The van der Waals surface area contributed by atoms with Gasteiger partial charge in [-0.2, -0.15) is 22.6 Å². The van der Waals surface area contributed by atoms with Crippen LogP contribution in [-0.2, 0) is 24.4 Å². The number of carboxylic acid groups (broad SMARTS) is 1. The number of carboxylic acids is 1. The number of alkyl halides is 3. The third-order valence-corrected chi connectivity index (χ3v) is 12.1. The van der Waals surface area contributed by atoms with E-state index >= 15 is 0 Å². The Morgan fingerprint density at radius 2 is 1.80 bits per heavy atom. The number of aromatic nitrogens is 5. The Bertz CT molecular complexity index is 2690. The Hall–Kier alpha value is -5.68. The van der Waals surface area contributed by atoms with Gasteiger partial charge >= 0.3 is 12.1 Å². The summed E-state index contributed by atoms with van der Waals surface area (Å²) in [5.74, 6) is -0.312. The number of aromatic amines is 1. The van der Waals surface area contributed by atoms with Gasteiger partial charge in [0.1, 0.15) is 31.3 Å². The number of H-pyrrole nitrogens is 1. The number of aryl methyl sites for hydroxylation is 1. The minimum absolute atomic E-state index is 0.0957. The fourth-order valence-electron chi connectivity index (χ4n) is 7.62. The summed E-state index contributed by atoms with van der Waals surface area (Å²) in [7, 11) is 2.12. The van der Waals surface area contributed by atoms with Gasteiger partial charge in [-0.3, -0.25) is 14.6 Å². The Kier molecular flexibility index (Phi) is 12.2. The molecule has 8 rings (SSSR count). The second-order valence-electron chi connectivity index (χ2n) is 15.1. The summed E-state index contributed by atoms with van der Waals surface area (Å²) < 4.78 is 64.2. The van der Waals surface area contributed by atoms with E-state index in [0.717, 1.165) is 82.2 Å². The summed E-state index contributed by atoms with van der Waals surface area (Å²) in [6.45, 7) is 7.62. The standard InChI is InChI=1S/C44H43ClF3N7O5S/c1-26-21-29-8-6-9-32(40(29)51-26)41-37(31-11-12-34(39(45)27(31)2)58-20-19-54-17-15-53(3)16-18-54)38-36(23-49-41)61-52-42(38)60-35(43(56)57)22-28-7-4-5-10-33(28)59-24-30-13-14-50-55(30)25-44(46,47)48/h4-14,21,23,35,51H,15-20,22,24-25H2,1-3H3,(H,56,57)/t35-/m1/s1. The van der Waals surface area contributed by atoms with Crippen molar-refractivity contribution in [2.75, 3.05) is 46.4 Å². The average Bonchev–Trinajstić information content (AvgIpc) is 3.96. The molecule has 318 valence electrons. The first-order chi connectivity index (χ1) is 29.3. The highest BCUT2D eigenvalue weighted by Gasteiger charge is 2.31. The van der Waals surface area contributed by atoms with Crippen LogP contribution in [0.5, 0.6) is 17.4 Å². The van der Waals surface area contributed by atoms with Crippen molar-refractivity contribution in [3.8, 4) is 39.8 Å². The molecular weight excluding hydrogens is 831 g/mol. The number of rotatable bonds is 15. The van der Waals surface area contributed by atoms with Crippen LogP contribution in [0.2, 0.25) is 5.02 Å². The van der Waals surface area contributed by atoms with Crippen molar-refractivity contribution in [3.63, 3.8) is 0 Å². The van der Waals surface area contributed by atoms with Crippen molar-refractivity contribution in [2.24, 2.45) is 0 Å². The largest absolute Gasteiger partial charge is 0.491 e. The van der Waals surface area contributed by atoms with Gasteiger partial charge in [-0.25, -0.2) is 4.79 Å². The van der Waals surface area contributed by atoms with E-state index in [0.29, 0.717) is 44.3 Å². The number of aliphatic carboxylic acids is 1. The van der Waals surface area contributed by atoms with E-state index in [4.69, 9.17) is 30.8 Å². The summed E-state index contributed by atoms with van der Waals surface area (Å²) in [5, 5.41) is 16.4. The highest BCUT2D eigenvalue weighted by molar-refractivity contribution is 7.13. The lowest BCUT2D eigenvalue weighted by molar-refractivity contribution is -0.145. The summed E-state index contributed by atoms with van der Waals surface area (Å²) in [4.78, 5) is 26.1. The number of fused-ring (bicyclic) bond motifs is 2. The van der Waals surface area contributed by atoms with Crippen LogP contribution in [0, 0.1) is 13.8 Å². The number of hydrogen-bond acceptors (Lipinski definition) is 10. The molecule has 7 aromatic rings. The molecule has 0 radical (unpaired) electrons. The van der Waals surface area contributed by atoms with E-state index in [9.17, 15) is 23.1 Å². The first-order valence-electron chi connectivity index (χ1n) is 19.7. The monoisotopic (exact) mass is 873 g/mol. The van der Waals surface area contributed by atoms with Crippen LogP contribution >= 0.6 is 23.1 Å². The van der Waals surface area contributed by atoms with E-state index in [1.165, 1.54) is 12.3 Å². The van der Waals surface area contributed by atoms with Crippen LogP contribution in [0.1, 0.15) is 22.5 Å². The van der Waals surface area contributed by atoms with Gasteiger partial charge in [0.15, 0.2) is 0 Å². The molecule has 2 N–H and O–H groups in total. The normalized spacial score (nSPS) is 14.5. The zero-order valence-corrected chi connectivity index (χ0v) is 35.2. The van der Waals surface area contributed by atoms with Crippen LogP contribution in [0.4, 0.5) is 13.2 Å². The van der Waals surface area contributed by atoms with E-state index < -0.39 is 24.8 Å². The number of carbonyl (C=O) groups is 1. The van der Waals surface area contributed by atoms with Crippen LogP contribution in [0.3, 0.4) is 0 Å². The maximum absolute atomic E-state index is 13.2. The fraction of sp³-hybridized carbons (Fsp3) is 0.318. The second kappa shape index (κ2) is 17.7. The van der Waals surface area contributed by atoms with Gasteiger partial charge in [0.05, 0.1) is 32.0 Å². The molecule has 1 aliphatic heterocycles. The van der Waals surface area contributed by atoms with Crippen molar-refractivity contribution in [1.29, 1.82) is 0 Å². The Labute approximate surface area is 358 Å². The smallest absolute Gasteiger partial charge is 0.408 e. The van der Waals surface area contributed by atoms with Crippen molar-refractivity contribution in [2.45, 2.75) is 45.7 Å². The van der Waals surface area contributed by atoms with Crippen LogP contribution in [-0.4, -0.2) is 104 Å². The molecule has 0 amide bonds. The Morgan fingerprint density at radius 1 is 1.00 bits per heavy atom. The third-order valence-electron chi connectivity index (χ3n) is 10.8. The van der Waals surface area contributed by atoms with E-state index in [1.807, 2.05) is 44.2 Å². The van der Waals surface area contributed by atoms with Gasteiger partial charge in [-0.05, 0) is 73.4 Å². The molecule has 12 nitrogen and oxygen atoms in total. The SMILES string of the molecule is Cc1cc2cccc(-c3ncc4snc(O[C@H](Cc5ccccc5OCc5ccnn5CC(F)(F)F)C(=O)O)c4c3-c3ccc(OCCN4CCN(C)CC4)c(Cl)c3C)c2[nH]1. The summed E-state index contributed by atoms with van der Waals surface area (Å²) in [5.41, 5.74) is 6.10. The van der Waals surface area contributed by atoms with Crippen LogP contribution < -0.4 is 14.2 Å².